The van der Waals surface area contributed by atoms with Crippen LogP contribution in [0.3, 0.4) is 0 Å². The van der Waals surface area contributed by atoms with Crippen molar-refractivity contribution in [3.05, 3.63) is 0 Å². The molecule has 126 valence electrons. The van der Waals surface area contributed by atoms with Crippen LogP contribution in [0.1, 0.15) is 26.2 Å². The van der Waals surface area contributed by atoms with E-state index in [2.05, 4.69) is 0 Å². The molecule has 2 bridgehead atoms. The number of fused-ring (bicyclic) bond motifs is 2. The standard InChI is InChI=1S/C13H21NO7S/c1-3-18-12(15)14-9-6-11(21-22(2,16)17)10(14)8-13(7-9)19-4-5-20-13/h9-11H,3-8H2,1-2H3/t9-,10-,11+/m1/s1. The maximum atomic E-state index is 12.2. The van der Waals surface area contributed by atoms with Crippen LogP contribution in [-0.4, -0.2) is 69.5 Å². The molecule has 3 fully saturated rings. The van der Waals surface area contributed by atoms with Crippen LogP contribution in [0.25, 0.3) is 0 Å². The van der Waals surface area contributed by atoms with E-state index >= 15 is 0 Å². The molecule has 3 rings (SSSR count). The molecule has 3 saturated heterocycles. The molecule has 3 atom stereocenters. The first kappa shape index (κ1) is 16.0. The zero-order valence-corrected chi connectivity index (χ0v) is 13.5. The molecular formula is C13H21NO7S. The second kappa shape index (κ2) is 5.63. The van der Waals surface area contributed by atoms with Gasteiger partial charge >= 0.3 is 6.09 Å². The summed E-state index contributed by atoms with van der Waals surface area (Å²) in [6.07, 6.45) is 1.32. The van der Waals surface area contributed by atoms with E-state index < -0.39 is 34.1 Å². The van der Waals surface area contributed by atoms with E-state index in [1.54, 1.807) is 11.8 Å². The number of hydrogen-bond acceptors (Lipinski definition) is 7. The summed E-state index contributed by atoms with van der Waals surface area (Å²) < 4.78 is 44.7. The van der Waals surface area contributed by atoms with Crippen molar-refractivity contribution in [1.82, 2.24) is 4.90 Å². The van der Waals surface area contributed by atoms with Crippen molar-refractivity contribution in [2.75, 3.05) is 26.1 Å². The number of ether oxygens (including phenoxy) is 3. The van der Waals surface area contributed by atoms with Crippen LogP contribution in [-0.2, 0) is 28.5 Å². The van der Waals surface area contributed by atoms with Gasteiger partial charge in [-0.15, -0.1) is 0 Å². The molecule has 1 spiro atoms. The van der Waals surface area contributed by atoms with Crippen LogP contribution in [0.5, 0.6) is 0 Å². The third kappa shape index (κ3) is 2.94. The quantitative estimate of drug-likeness (QED) is 0.692. The van der Waals surface area contributed by atoms with Gasteiger partial charge in [-0.1, -0.05) is 0 Å². The molecule has 0 aromatic carbocycles. The molecule has 1 amide bonds. The maximum absolute atomic E-state index is 12.2. The fourth-order valence-electron chi connectivity index (χ4n) is 3.70. The summed E-state index contributed by atoms with van der Waals surface area (Å²) >= 11 is 0. The van der Waals surface area contributed by atoms with Crippen molar-refractivity contribution in [2.24, 2.45) is 0 Å². The normalized spacial score (nSPS) is 33.4. The highest BCUT2D eigenvalue weighted by molar-refractivity contribution is 7.86. The van der Waals surface area contributed by atoms with Crippen LogP contribution < -0.4 is 0 Å². The monoisotopic (exact) mass is 335 g/mol. The Morgan fingerprint density at radius 2 is 2.00 bits per heavy atom. The average Bonchev–Trinajstić information content (AvgIpc) is 2.91. The Bertz CT molecular complexity index is 543. The second-order valence-corrected chi connectivity index (χ2v) is 7.52. The van der Waals surface area contributed by atoms with Gasteiger partial charge in [0.1, 0.15) is 0 Å². The lowest BCUT2D eigenvalue weighted by atomic mass is 9.96. The van der Waals surface area contributed by atoms with Crippen LogP contribution >= 0.6 is 0 Å². The third-order valence-electron chi connectivity index (χ3n) is 4.34. The van der Waals surface area contributed by atoms with Gasteiger partial charge < -0.3 is 14.2 Å². The lowest BCUT2D eigenvalue weighted by molar-refractivity contribution is -0.197. The van der Waals surface area contributed by atoms with Gasteiger partial charge in [0.25, 0.3) is 10.1 Å². The minimum absolute atomic E-state index is 0.206. The molecule has 0 unspecified atom stereocenters. The number of hydrogen-bond donors (Lipinski definition) is 0. The van der Waals surface area contributed by atoms with E-state index in [1.165, 1.54) is 0 Å². The first-order chi connectivity index (χ1) is 10.3. The summed E-state index contributed by atoms with van der Waals surface area (Å²) in [5.74, 6) is -0.728. The van der Waals surface area contributed by atoms with Gasteiger partial charge in [0.05, 0.1) is 38.2 Å². The summed E-state index contributed by atoms with van der Waals surface area (Å²) in [5, 5.41) is 0. The highest BCUT2D eigenvalue weighted by Gasteiger charge is 2.58. The zero-order valence-electron chi connectivity index (χ0n) is 12.7. The van der Waals surface area contributed by atoms with Gasteiger partial charge in [-0.05, 0) is 13.3 Å². The van der Waals surface area contributed by atoms with E-state index in [-0.39, 0.29) is 12.6 Å². The molecule has 8 nitrogen and oxygen atoms in total. The van der Waals surface area contributed by atoms with Gasteiger partial charge in [-0.2, -0.15) is 8.42 Å². The Kier molecular flexibility index (Phi) is 4.09. The van der Waals surface area contributed by atoms with E-state index in [0.29, 0.717) is 32.5 Å². The highest BCUT2D eigenvalue weighted by Crippen LogP contribution is 2.46. The fourth-order valence-corrected chi connectivity index (χ4v) is 4.36. The van der Waals surface area contributed by atoms with E-state index in [9.17, 15) is 13.2 Å². The van der Waals surface area contributed by atoms with Crippen molar-refractivity contribution < 1.29 is 31.6 Å². The lowest BCUT2D eigenvalue weighted by Crippen LogP contribution is -2.55. The van der Waals surface area contributed by atoms with Gasteiger partial charge in [-0.25, -0.2) is 4.79 Å². The Hall–Kier alpha value is -0.900. The van der Waals surface area contributed by atoms with E-state index in [4.69, 9.17) is 18.4 Å². The molecule has 0 aromatic rings. The smallest absolute Gasteiger partial charge is 0.410 e. The van der Waals surface area contributed by atoms with E-state index in [1.807, 2.05) is 0 Å². The molecule has 0 N–H and O–H groups in total. The first-order valence-electron chi connectivity index (χ1n) is 7.45. The minimum Gasteiger partial charge on any atom is -0.450 e. The van der Waals surface area contributed by atoms with Crippen molar-refractivity contribution in [3.63, 3.8) is 0 Å². The maximum Gasteiger partial charge on any atom is 0.410 e. The molecule has 0 saturated carbocycles. The number of amides is 1. The summed E-state index contributed by atoms with van der Waals surface area (Å²) in [6.45, 7) is 3.02. The zero-order chi connectivity index (χ0) is 16.0. The van der Waals surface area contributed by atoms with Crippen LogP contribution in [0.15, 0.2) is 0 Å². The Morgan fingerprint density at radius 3 is 2.59 bits per heavy atom. The Labute approximate surface area is 129 Å². The van der Waals surface area contributed by atoms with Crippen molar-refractivity contribution in [1.29, 1.82) is 0 Å². The number of nitrogens with zero attached hydrogens (tertiary/aromatic N) is 1. The molecule has 3 aliphatic rings. The third-order valence-corrected chi connectivity index (χ3v) is 4.94. The molecule has 0 radical (unpaired) electrons. The van der Waals surface area contributed by atoms with Crippen molar-refractivity contribution >= 4 is 16.2 Å². The molecule has 9 heteroatoms. The average molecular weight is 335 g/mol. The number of rotatable bonds is 3. The largest absolute Gasteiger partial charge is 0.450 e. The number of carbonyl (C=O) groups is 1. The van der Waals surface area contributed by atoms with Gasteiger partial charge in [0.2, 0.25) is 0 Å². The van der Waals surface area contributed by atoms with Crippen LogP contribution in [0.2, 0.25) is 0 Å². The fraction of sp³-hybridized carbons (Fsp3) is 0.923. The van der Waals surface area contributed by atoms with Crippen LogP contribution in [0, 0.1) is 0 Å². The van der Waals surface area contributed by atoms with Gasteiger partial charge in [0.15, 0.2) is 5.79 Å². The van der Waals surface area contributed by atoms with Gasteiger partial charge in [0, 0.05) is 18.9 Å². The summed E-state index contributed by atoms with van der Waals surface area (Å²) in [7, 11) is -3.60. The SMILES string of the molecule is CCOC(=O)N1[C@@H]2C[C@H](OS(C)(=O)=O)[C@H]1CC1(C2)OCCO1. The van der Waals surface area contributed by atoms with Crippen molar-refractivity contribution in [2.45, 2.75) is 50.2 Å². The molecule has 0 aromatic heterocycles. The summed E-state index contributed by atoms with van der Waals surface area (Å²) in [5.41, 5.74) is 0. The molecule has 3 aliphatic heterocycles. The first-order valence-corrected chi connectivity index (χ1v) is 9.26. The van der Waals surface area contributed by atoms with Crippen molar-refractivity contribution in [3.8, 4) is 0 Å². The molecule has 3 heterocycles. The number of piperidine rings is 1. The van der Waals surface area contributed by atoms with Gasteiger partial charge in [-0.3, -0.25) is 9.08 Å². The second-order valence-electron chi connectivity index (χ2n) is 5.92. The highest BCUT2D eigenvalue weighted by atomic mass is 32.2. The molecule has 22 heavy (non-hydrogen) atoms. The topological polar surface area (TPSA) is 91.4 Å². The Balaban J connectivity index is 1.84. The van der Waals surface area contributed by atoms with Crippen LogP contribution in [0.4, 0.5) is 4.79 Å². The van der Waals surface area contributed by atoms with E-state index in [0.717, 1.165) is 6.26 Å². The Morgan fingerprint density at radius 1 is 1.32 bits per heavy atom. The summed E-state index contributed by atoms with van der Waals surface area (Å²) in [4.78, 5) is 13.8. The molecule has 0 aliphatic carbocycles. The minimum atomic E-state index is -3.60. The summed E-state index contributed by atoms with van der Waals surface area (Å²) in [6, 6.07) is -0.631. The lowest BCUT2D eigenvalue weighted by Gasteiger charge is -2.42. The predicted octanol–water partition coefficient (Wildman–Crippen LogP) is 0.468. The predicted molar refractivity (Wildman–Crippen MR) is 74.6 cm³/mol. The molecular weight excluding hydrogens is 314 g/mol. The number of carbonyl (C=O) groups excluding carboxylic acids is 1.